The third-order valence-electron chi connectivity index (χ3n) is 6.52. The Balaban J connectivity index is 1.63. The van der Waals surface area contributed by atoms with Crippen molar-refractivity contribution in [3.63, 3.8) is 0 Å². The fraction of sp³-hybridized carbons (Fsp3) is 0.480. The molecule has 3 aromatic rings. The predicted octanol–water partition coefficient (Wildman–Crippen LogP) is 5.57. The minimum absolute atomic E-state index is 0.129. The maximum Gasteiger partial charge on any atom is 0.255 e. The molecule has 0 unspecified atom stereocenters. The number of carbonyl (C=O) groups excluding carboxylic acids is 1. The maximum absolute atomic E-state index is 14.0. The van der Waals surface area contributed by atoms with E-state index >= 15 is 0 Å². The standard InChI is InChI=1S/C25H30N4O/c1-16(2)29-24-23(17(3)27-29)20(15-21(26-24)18-12-13-18)25(30)28-14-8-7-11-22(28)19-9-5-4-6-10-19/h4-6,9-10,15-16,18,22H,7-8,11-14H2,1-3H3/t22-/m1/s1. The molecule has 0 radical (unpaired) electrons. The molecule has 1 saturated carbocycles. The van der Waals surface area contributed by atoms with E-state index in [9.17, 15) is 4.79 Å². The molecule has 2 aromatic heterocycles. The highest BCUT2D eigenvalue weighted by molar-refractivity contribution is 6.06. The molecule has 1 saturated heterocycles. The average Bonchev–Trinajstić information content (AvgIpc) is 3.57. The van der Waals surface area contributed by atoms with Gasteiger partial charge in [-0.05, 0) is 64.5 Å². The van der Waals surface area contributed by atoms with Crippen molar-refractivity contribution in [1.29, 1.82) is 0 Å². The second-order valence-electron chi connectivity index (χ2n) is 9.11. The lowest BCUT2D eigenvalue weighted by atomic mass is 9.94. The van der Waals surface area contributed by atoms with Crippen molar-refractivity contribution in [1.82, 2.24) is 19.7 Å². The van der Waals surface area contributed by atoms with Gasteiger partial charge >= 0.3 is 0 Å². The van der Waals surface area contributed by atoms with Gasteiger partial charge in [0.2, 0.25) is 0 Å². The normalized spacial score (nSPS) is 19.6. The van der Waals surface area contributed by atoms with E-state index in [4.69, 9.17) is 10.1 Å². The number of hydrogen-bond donors (Lipinski definition) is 0. The molecule has 5 heteroatoms. The summed E-state index contributed by atoms with van der Waals surface area (Å²) in [5.74, 6) is 0.618. The van der Waals surface area contributed by atoms with Crippen LogP contribution in [0.5, 0.6) is 0 Å². The molecule has 2 fully saturated rings. The van der Waals surface area contributed by atoms with Crippen LogP contribution in [-0.2, 0) is 0 Å². The zero-order chi connectivity index (χ0) is 20.8. The van der Waals surface area contributed by atoms with Gasteiger partial charge in [0, 0.05) is 24.2 Å². The van der Waals surface area contributed by atoms with E-state index < -0.39 is 0 Å². The highest BCUT2D eigenvalue weighted by Crippen LogP contribution is 2.41. The Morgan fingerprint density at radius 2 is 1.87 bits per heavy atom. The molecular formula is C25H30N4O. The summed E-state index contributed by atoms with van der Waals surface area (Å²) in [6.45, 7) is 7.05. The second-order valence-corrected chi connectivity index (χ2v) is 9.11. The molecule has 5 nitrogen and oxygen atoms in total. The van der Waals surface area contributed by atoms with Gasteiger partial charge in [0.1, 0.15) is 0 Å². The van der Waals surface area contributed by atoms with Crippen molar-refractivity contribution in [2.45, 2.75) is 70.9 Å². The number of nitrogens with zero attached hydrogens (tertiary/aromatic N) is 4. The van der Waals surface area contributed by atoms with Gasteiger partial charge in [0.25, 0.3) is 5.91 Å². The molecule has 1 amide bonds. The Bertz CT molecular complexity index is 1080. The average molecular weight is 403 g/mol. The summed E-state index contributed by atoms with van der Waals surface area (Å²) >= 11 is 0. The van der Waals surface area contributed by atoms with Crippen LogP contribution < -0.4 is 0 Å². The molecule has 2 aliphatic rings. The highest BCUT2D eigenvalue weighted by Gasteiger charge is 2.33. The first-order valence-electron chi connectivity index (χ1n) is 11.3. The summed E-state index contributed by atoms with van der Waals surface area (Å²) < 4.78 is 1.98. The molecule has 5 rings (SSSR count). The molecule has 3 heterocycles. The van der Waals surface area contributed by atoms with E-state index in [2.05, 4.69) is 49.1 Å². The predicted molar refractivity (Wildman–Crippen MR) is 119 cm³/mol. The quantitative estimate of drug-likeness (QED) is 0.574. The first-order valence-corrected chi connectivity index (χ1v) is 11.3. The van der Waals surface area contributed by atoms with Gasteiger partial charge in [0.15, 0.2) is 5.65 Å². The number of aromatic nitrogens is 3. The SMILES string of the molecule is Cc1nn(C(C)C)c2nc(C3CC3)cc(C(=O)N3CCCC[C@@H]3c3ccccc3)c12. The van der Waals surface area contributed by atoms with Crippen molar-refractivity contribution < 1.29 is 4.79 Å². The van der Waals surface area contributed by atoms with Crippen molar-refractivity contribution >= 4 is 16.9 Å². The summed E-state index contributed by atoms with van der Waals surface area (Å²) in [5, 5.41) is 5.69. The molecule has 156 valence electrons. The largest absolute Gasteiger partial charge is 0.332 e. The fourth-order valence-electron chi connectivity index (χ4n) is 4.80. The Labute approximate surface area is 178 Å². The minimum Gasteiger partial charge on any atom is -0.332 e. The third-order valence-corrected chi connectivity index (χ3v) is 6.52. The van der Waals surface area contributed by atoms with Crippen LogP contribution in [0.1, 0.15) is 91.3 Å². The van der Waals surface area contributed by atoms with E-state index in [0.29, 0.717) is 5.92 Å². The molecule has 0 bridgehead atoms. The lowest BCUT2D eigenvalue weighted by molar-refractivity contribution is 0.0613. The zero-order valence-corrected chi connectivity index (χ0v) is 18.1. The van der Waals surface area contributed by atoms with E-state index in [1.807, 2.05) is 17.7 Å². The molecule has 0 N–H and O–H groups in total. The van der Waals surface area contributed by atoms with E-state index in [0.717, 1.165) is 66.6 Å². The Morgan fingerprint density at radius 1 is 1.10 bits per heavy atom. The number of fused-ring (bicyclic) bond motifs is 1. The van der Waals surface area contributed by atoms with Crippen molar-refractivity contribution in [2.75, 3.05) is 6.54 Å². The summed E-state index contributed by atoms with van der Waals surface area (Å²) in [6.07, 6.45) is 5.56. The number of aryl methyl sites for hydroxylation is 1. The lowest BCUT2D eigenvalue weighted by Gasteiger charge is -2.36. The number of hydrogen-bond acceptors (Lipinski definition) is 3. The number of pyridine rings is 1. The van der Waals surface area contributed by atoms with E-state index in [-0.39, 0.29) is 18.0 Å². The summed E-state index contributed by atoms with van der Waals surface area (Å²) in [5.41, 5.74) is 4.83. The number of benzene rings is 1. The van der Waals surface area contributed by atoms with Crippen molar-refractivity contribution in [3.05, 3.63) is 58.9 Å². The molecule has 1 aliphatic heterocycles. The first-order chi connectivity index (χ1) is 14.5. The Hall–Kier alpha value is -2.69. The van der Waals surface area contributed by atoms with Crippen LogP contribution in [0.15, 0.2) is 36.4 Å². The fourth-order valence-corrected chi connectivity index (χ4v) is 4.80. The Morgan fingerprint density at radius 3 is 2.57 bits per heavy atom. The zero-order valence-electron chi connectivity index (χ0n) is 18.1. The number of likely N-dealkylation sites (tertiary alicyclic amines) is 1. The summed E-state index contributed by atoms with van der Waals surface area (Å²) in [7, 11) is 0. The van der Waals surface area contributed by atoms with E-state index in [1.54, 1.807) is 0 Å². The molecular weight excluding hydrogens is 372 g/mol. The summed E-state index contributed by atoms with van der Waals surface area (Å²) in [6, 6.07) is 12.9. The number of amides is 1. The van der Waals surface area contributed by atoms with Gasteiger partial charge in [-0.1, -0.05) is 30.3 Å². The van der Waals surface area contributed by atoms with Gasteiger partial charge in [-0.2, -0.15) is 5.10 Å². The van der Waals surface area contributed by atoms with Crippen LogP contribution >= 0.6 is 0 Å². The lowest BCUT2D eigenvalue weighted by Crippen LogP contribution is -2.38. The van der Waals surface area contributed by atoms with Gasteiger partial charge in [-0.3, -0.25) is 4.79 Å². The summed E-state index contributed by atoms with van der Waals surface area (Å²) in [4.78, 5) is 21.1. The Kier molecular flexibility index (Phi) is 4.84. The maximum atomic E-state index is 14.0. The number of rotatable bonds is 4. The monoisotopic (exact) mass is 402 g/mol. The van der Waals surface area contributed by atoms with Crippen LogP contribution in [0, 0.1) is 6.92 Å². The van der Waals surface area contributed by atoms with Crippen LogP contribution in [0.4, 0.5) is 0 Å². The van der Waals surface area contributed by atoms with E-state index in [1.165, 1.54) is 5.56 Å². The molecule has 0 spiro atoms. The van der Waals surface area contributed by atoms with Crippen molar-refractivity contribution in [3.8, 4) is 0 Å². The molecule has 30 heavy (non-hydrogen) atoms. The molecule has 1 atom stereocenters. The molecule has 1 aromatic carbocycles. The van der Waals surface area contributed by atoms with Gasteiger partial charge < -0.3 is 4.90 Å². The number of carbonyl (C=O) groups is 1. The first kappa shape index (κ1) is 19.3. The third kappa shape index (κ3) is 3.30. The molecule has 1 aliphatic carbocycles. The smallest absolute Gasteiger partial charge is 0.255 e. The van der Waals surface area contributed by atoms with Gasteiger partial charge in [-0.15, -0.1) is 0 Å². The minimum atomic E-state index is 0.129. The van der Waals surface area contributed by atoms with Crippen LogP contribution in [0.2, 0.25) is 0 Å². The second kappa shape index (κ2) is 7.53. The topological polar surface area (TPSA) is 51.0 Å². The van der Waals surface area contributed by atoms with Crippen molar-refractivity contribution in [2.24, 2.45) is 0 Å². The van der Waals surface area contributed by atoms with Crippen LogP contribution in [-0.4, -0.2) is 32.1 Å². The highest BCUT2D eigenvalue weighted by atomic mass is 16.2. The van der Waals surface area contributed by atoms with Crippen LogP contribution in [0.25, 0.3) is 11.0 Å². The van der Waals surface area contributed by atoms with Crippen LogP contribution in [0.3, 0.4) is 0 Å². The van der Waals surface area contributed by atoms with Gasteiger partial charge in [0.05, 0.1) is 22.7 Å². The van der Waals surface area contributed by atoms with Gasteiger partial charge in [-0.25, -0.2) is 9.67 Å². The number of piperidine rings is 1.